The fourth-order valence-electron chi connectivity index (χ4n) is 1.56. The molecule has 1 aliphatic rings. The molecule has 1 aromatic carbocycles. The molecule has 1 N–H and O–H groups in total. The van der Waals surface area contributed by atoms with Gasteiger partial charge in [-0.3, -0.25) is 4.79 Å². The van der Waals surface area contributed by atoms with Crippen LogP contribution in [0.1, 0.15) is 15.9 Å². The van der Waals surface area contributed by atoms with Gasteiger partial charge in [-0.2, -0.15) is 0 Å². The smallest absolute Gasteiger partial charge is 0.213 e. The average Bonchev–Trinajstić information content (AvgIpc) is 2.24. The van der Waals surface area contributed by atoms with Crippen LogP contribution in [0, 0.1) is 0 Å². The van der Waals surface area contributed by atoms with E-state index in [1.54, 1.807) is 24.3 Å². The van der Waals surface area contributed by atoms with Crippen LogP contribution in [0.15, 0.2) is 36.4 Å². The van der Waals surface area contributed by atoms with E-state index in [1.165, 1.54) is 19.3 Å². The summed E-state index contributed by atoms with van der Waals surface area (Å²) < 4.78 is 4.97. The molecule has 0 radical (unpaired) electrons. The van der Waals surface area contributed by atoms with Crippen LogP contribution in [-0.4, -0.2) is 18.0 Å². The van der Waals surface area contributed by atoms with Crippen LogP contribution in [0.25, 0.3) is 0 Å². The second kappa shape index (κ2) is 3.04. The Hall–Kier alpha value is -1.45. The molecule has 72 valence electrons. The van der Waals surface area contributed by atoms with Gasteiger partial charge in [-0.15, -0.1) is 0 Å². The summed E-state index contributed by atoms with van der Waals surface area (Å²) in [6.45, 7) is 0. The molecule has 14 heavy (non-hydrogen) atoms. The van der Waals surface area contributed by atoms with Crippen molar-refractivity contribution in [3.8, 4) is 0 Å². The van der Waals surface area contributed by atoms with E-state index in [0.717, 1.165) is 0 Å². The summed E-state index contributed by atoms with van der Waals surface area (Å²) in [5, 5.41) is 9.99. The first-order valence-corrected chi connectivity index (χ1v) is 4.28. The molecule has 0 heterocycles. The van der Waals surface area contributed by atoms with E-state index >= 15 is 0 Å². The van der Waals surface area contributed by atoms with Crippen LogP contribution in [0.3, 0.4) is 0 Å². The maximum Gasteiger partial charge on any atom is 0.213 e. The summed E-state index contributed by atoms with van der Waals surface area (Å²) in [6.07, 6.45) is 2.68. The average molecular weight is 190 g/mol. The van der Waals surface area contributed by atoms with E-state index in [9.17, 15) is 9.90 Å². The van der Waals surface area contributed by atoms with Gasteiger partial charge in [0.2, 0.25) is 5.79 Å². The molecule has 1 atom stereocenters. The first-order valence-electron chi connectivity index (χ1n) is 4.28. The molecular weight excluding hydrogens is 180 g/mol. The quantitative estimate of drug-likeness (QED) is 0.677. The number of carbonyl (C=O) groups is 1. The number of ether oxygens (including phenoxy) is 1. The first kappa shape index (κ1) is 9.12. The molecule has 1 unspecified atom stereocenters. The predicted octanol–water partition coefficient (Wildman–Crippen LogP) is 1.23. The minimum absolute atomic E-state index is 0.109. The minimum Gasteiger partial charge on any atom is -0.359 e. The Morgan fingerprint density at radius 1 is 1.36 bits per heavy atom. The molecule has 0 amide bonds. The molecule has 1 aromatic rings. The van der Waals surface area contributed by atoms with Crippen molar-refractivity contribution in [2.45, 2.75) is 5.79 Å². The molecule has 3 heteroatoms. The zero-order valence-electron chi connectivity index (χ0n) is 7.73. The van der Waals surface area contributed by atoms with Crippen molar-refractivity contribution in [1.82, 2.24) is 0 Å². The number of aliphatic hydroxyl groups is 1. The fourth-order valence-corrected chi connectivity index (χ4v) is 1.56. The highest BCUT2D eigenvalue weighted by Crippen LogP contribution is 2.30. The Morgan fingerprint density at radius 3 is 2.79 bits per heavy atom. The SMILES string of the molecule is COC1(O)C=CC(=O)c2ccccc21. The van der Waals surface area contributed by atoms with Gasteiger partial charge in [0.05, 0.1) is 0 Å². The molecule has 0 fully saturated rings. The van der Waals surface area contributed by atoms with Gasteiger partial charge in [0.25, 0.3) is 0 Å². The lowest BCUT2D eigenvalue weighted by Crippen LogP contribution is -2.30. The lowest BCUT2D eigenvalue weighted by molar-refractivity contribution is -0.154. The number of hydrogen-bond donors (Lipinski definition) is 1. The standard InChI is InChI=1S/C11H10O3/c1-14-11(13)7-6-10(12)8-4-2-3-5-9(8)11/h2-7,13H,1H3. The van der Waals surface area contributed by atoms with E-state index in [4.69, 9.17) is 4.74 Å². The second-order valence-corrected chi connectivity index (χ2v) is 3.14. The van der Waals surface area contributed by atoms with E-state index < -0.39 is 5.79 Å². The normalized spacial score (nSPS) is 24.9. The summed E-state index contributed by atoms with van der Waals surface area (Å²) in [6, 6.07) is 6.87. The van der Waals surface area contributed by atoms with Crippen LogP contribution < -0.4 is 0 Å². The van der Waals surface area contributed by atoms with E-state index in [0.29, 0.717) is 11.1 Å². The third-order valence-corrected chi connectivity index (χ3v) is 2.35. The van der Waals surface area contributed by atoms with E-state index in [1.807, 2.05) is 0 Å². The number of methoxy groups -OCH3 is 1. The number of fused-ring (bicyclic) bond motifs is 1. The third-order valence-electron chi connectivity index (χ3n) is 2.35. The van der Waals surface area contributed by atoms with Gasteiger partial charge >= 0.3 is 0 Å². The van der Waals surface area contributed by atoms with Gasteiger partial charge < -0.3 is 9.84 Å². The van der Waals surface area contributed by atoms with Gasteiger partial charge in [0.15, 0.2) is 5.78 Å². The van der Waals surface area contributed by atoms with Gasteiger partial charge in [-0.1, -0.05) is 24.3 Å². The van der Waals surface area contributed by atoms with Crippen molar-refractivity contribution in [1.29, 1.82) is 0 Å². The van der Waals surface area contributed by atoms with Gasteiger partial charge in [0.1, 0.15) is 0 Å². The largest absolute Gasteiger partial charge is 0.359 e. The van der Waals surface area contributed by atoms with Crippen LogP contribution in [0.2, 0.25) is 0 Å². The van der Waals surface area contributed by atoms with Gasteiger partial charge in [0, 0.05) is 18.2 Å². The van der Waals surface area contributed by atoms with Crippen LogP contribution in [-0.2, 0) is 10.5 Å². The highest BCUT2D eigenvalue weighted by molar-refractivity contribution is 6.07. The Labute approximate surface area is 81.6 Å². The van der Waals surface area contributed by atoms with Crippen molar-refractivity contribution in [2.24, 2.45) is 0 Å². The number of hydrogen-bond acceptors (Lipinski definition) is 3. The highest BCUT2D eigenvalue weighted by atomic mass is 16.6. The minimum atomic E-state index is -1.47. The van der Waals surface area contributed by atoms with Gasteiger partial charge in [-0.05, 0) is 12.2 Å². The maximum atomic E-state index is 11.4. The van der Waals surface area contributed by atoms with E-state index in [-0.39, 0.29) is 5.78 Å². The van der Waals surface area contributed by atoms with Gasteiger partial charge in [-0.25, -0.2) is 0 Å². The van der Waals surface area contributed by atoms with Crippen molar-refractivity contribution >= 4 is 5.78 Å². The van der Waals surface area contributed by atoms with Crippen LogP contribution in [0.5, 0.6) is 0 Å². The number of rotatable bonds is 1. The third kappa shape index (κ3) is 1.18. The van der Waals surface area contributed by atoms with Crippen molar-refractivity contribution in [2.75, 3.05) is 7.11 Å². The van der Waals surface area contributed by atoms with Crippen LogP contribution in [0.4, 0.5) is 0 Å². The summed E-state index contributed by atoms with van der Waals surface area (Å²) in [7, 11) is 1.40. The van der Waals surface area contributed by atoms with E-state index in [2.05, 4.69) is 0 Å². The molecular formula is C11H10O3. The zero-order valence-corrected chi connectivity index (χ0v) is 7.73. The molecule has 0 bridgehead atoms. The number of carbonyl (C=O) groups excluding carboxylic acids is 1. The summed E-state index contributed by atoms with van der Waals surface area (Å²) in [5.74, 6) is -1.58. The molecule has 0 saturated heterocycles. The van der Waals surface area contributed by atoms with Crippen LogP contribution >= 0.6 is 0 Å². The summed E-state index contributed by atoms with van der Waals surface area (Å²) >= 11 is 0. The monoisotopic (exact) mass is 190 g/mol. The van der Waals surface area contributed by atoms with Crippen molar-refractivity contribution in [3.63, 3.8) is 0 Å². The Bertz CT molecular complexity index is 409. The Balaban J connectivity index is 2.64. The topological polar surface area (TPSA) is 46.5 Å². The first-order chi connectivity index (χ1) is 6.67. The van der Waals surface area contributed by atoms with Crippen molar-refractivity contribution < 1.29 is 14.6 Å². The highest BCUT2D eigenvalue weighted by Gasteiger charge is 2.33. The second-order valence-electron chi connectivity index (χ2n) is 3.14. The fraction of sp³-hybridized carbons (Fsp3) is 0.182. The summed E-state index contributed by atoms with van der Waals surface area (Å²) in [4.78, 5) is 11.4. The Kier molecular flexibility index (Phi) is 1.98. The maximum absolute atomic E-state index is 11.4. The van der Waals surface area contributed by atoms with Crippen molar-refractivity contribution in [3.05, 3.63) is 47.5 Å². The Morgan fingerprint density at radius 2 is 2.07 bits per heavy atom. The zero-order chi connectivity index (χ0) is 10.2. The number of ketones is 1. The molecule has 0 aromatic heterocycles. The lowest BCUT2D eigenvalue weighted by Gasteiger charge is -2.27. The molecule has 3 nitrogen and oxygen atoms in total. The molecule has 0 aliphatic heterocycles. The molecule has 0 spiro atoms. The number of benzene rings is 1. The molecule has 2 rings (SSSR count). The number of allylic oxidation sites excluding steroid dienone is 1. The lowest BCUT2D eigenvalue weighted by atomic mass is 9.91. The summed E-state index contributed by atoms with van der Waals surface area (Å²) in [5.41, 5.74) is 0.981. The predicted molar refractivity (Wildman–Crippen MR) is 50.8 cm³/mol. The molecule has 1 aliphatic carbocycles. The molecule has 0 saturated carbocycles.